The number of pyridine rings is 1. The molecule has 28 heavy (non-hydrogen) atoms. The zero-order valence-electron chi connectivity index (χ0n) is 15.0. The summed E-state index contributed by atoms with van der Waals surface area (Å²) in [5, 5.41) is 5.64. The molecule has 0 fully saturated rings. The molecule has 0 bridgehead atoms. The minimum atomic E-state index is -0.989. The Balaban J connectivity index is 1.80. The second kappa shape index (κ2) is 8.41. The molecule has 0 saturated carbocycles. The number of aromatic amines is 1. The van der Waals surface area contributed by atoms with Crippen LogP contribution in [0.2, 0.25) is 5.02 Å². The van der Waals surface area contributed by atoms with Gasteiger partial charge < -0.3 is 25.1 Å². The van der Waals surface area contributed by atoms with Gasteiger partial charge in [-0.3, -0.25) is 0 Å². The smallest absolute Gasteiger partial charge is 0.319 e. The summed E-state index contributed by atoms with van der Waals surface area (Å²) in [5.41, 5.74) is 0.354. The van der Waals surface area contributed by atoms with Crippen molar-refractivity contribution >= 4 is 34.4 Å². The minimum Gasteiger partial charge on any atom is -0.450 e. The molecule has 0 spiro atoms. The summed E-state index contributed by atoms with van der Waals surface area (Å²) in [6.45, 7) is 2.02. The second-order valence-corrected chi connectivity index (χ2v) is 6.40. The maximum absolute atomic E-state index is 14.4. The topological polar surface area (TPSA) is 88.3 Å². The van der Waals surface area contributed by atoms with Crippen LogP contribution in [0.4, 0.5) is 19.3 Å². The number of H-pyrrole nitrogens is 1. The van der Waals surface area contributed by atoms with Crippen LogP contribution in [0.15, 0.2) is 30.6 Å². The van der Waals surface area contributed by atoms with E-state index in [0.717, 1.165) is 12.1 Å². The van der Waals surface area contributed by atoms with Gasteiger partial charge in [-0.15, -0.1) is 0 Å². The normalized spacial score (nSPS) is 12.0. The third-order valence-corrected chi connectivity index (χ3v) is 4.05. The number of fused-ring (bicyclic) bond motifs is 1. The van der Waals surface area contributed by atoms with Crippen LogP contribution >= 0.6 is 11.6 Å². The van der Waals surface area contributed by atoms with Gasteiger partial charge in [0, 0.05) is 37.3 Å². The van der Waals surface area contributed by atoms with Crippen molar-refractivity contribution in [2.75, 3.05) is 19.0 Å². The Bertz CT molecular complexity index is 989. The molecular formula is C18H17ClF2N4O3. The molecule has 0 aliphatic heterocycles. The third-order valence-electron chi connectivity index (χ3n) is 3.75. The number of amides is 2. The lowest BCUT2D eigenvalue weighted by Gasteiger charge is -2.14. The molecule has 2 amide bonds. The Kier molecular flexibility index (Phi) is 5.96. The number of anilines is 1. The van der Waals surface area contributed by atoms with Gasteiger partial charge >= 0.3 is 6.03 Å². The van der Waals surface area contributed by atoms with Crippen LogP contribution in [0, 0.1) is 11.6 Å². The monoisotopic (exact) mass is 410 g/mol. The molecule has 148 valence electrons. The van der Waals surface area contributed by atoms with Gasteiger partial charge in [0.25, 0.3) is 0 Å². The molecule has 2 aromatic heterocycles. The van der Waals surface area contributed by atoms with E-state index >= 15 is 0 Å². The highest BCUT2D eigenvalue weighted by atomic mass is 35.5. The highest BCUT2D eigenvalue weighted by molar-refractivity contribution is 6.36. The van der Waals surface area contributed by atoms with Crippen molar-refractivity contribution in [1.82, 2.24) is 15.3 Å². The van der Waals surface area contributed by atoms with Gasteiger partial charge in [-0.05, 0) is 13.0 Å². The molecule has 3 aromatic rings. The van der Waals surface area contributed by atoms with E-state index < -0.39 is 23.4 Å². The fraction of sp³-hybridized carbons (Fsp3) is 0.222. The number of nitrogens with zero attached hydrogens (tertiary/aromatic N) is 1. The number of benzene rings is 1. The maximum atomic E-state index is 14.4. The average molecular weight is 411 g/mol. The van der Waals surface area contributed by atoms with Crippen molar-refractivity contribution in [3.05, 3.63) is 47.2 Å². The summed E-state index contributed by atoms with van der Waals surface area (Å²) in [7, 11) is 1.50. The van der Waals surface area contributed by atoms with Gasteiger partial charge in [0.1, 0.15) is 11.4 Å². The number of nitrogens with one attached hydrogen (secondary N) is 3. The molecule has 0 aliphatic carbocycles. The Morgan fingerprint density at radius 1 is 1.36 bits per heavy atom. The number of hydrogen-bond acceptors (Lipinski definition) is 4. The van der Waals surface area contributed by atoms with Gasteiger partial charge in [-0.1, -0.05) is 11.6 Å². The fourth-order valence-corrected chi connectivity index (χ4v) is 2.83. The zero-order chi connectivity index (χ0) is 20.3. The van der Waals surface area contributed by atoms with Gasteiger partial charge in [-0.25, -0.2) is 18.6 Å². The van der Waals surface area contributed by atoms with Crippen molar-refractivity contribution < 1.29 is 23.0 Å². The number of aromatic nitrogens is 2. The maximum Gasteiger partial charge on any atom is 0.319 e. The Morgan fingerprint density at radius 3 is 2.75 bits per heavy atom. The highest BCUT2D eigenvalue weighted by Gasteiger charge is 2.18. The lowest BCUT2D eigenvalue weighted by atomic mass is 10.2. The molecule has 3 rings (SSSR count). The first-order valence-electron chi connectivity index (χ1n) is 8.24. The SMILES string of the molecule is COCC(C)NC(=O)Nc1cc(F)c(Oc2ccnc3[nH]cc(Cl)c23)c(F)c1. The molecule has 0 saturated heterocycles. The summed E-state index contributed by atoms with van der Waals surface area (Å²) in [6.07, 6.45) is 2.91. The molecule has 0 aliphatic rings. The van der Waals surface area contributed by atoms with Crippen LogP contribution in [0.3, 0.4) is 0 Å². The highest BCUT2D eigenvalue weighted by Crippen LogP contribution is 2.36. The second-order valence-electron chi connectivity index (χ2n) is 6.00. The quantitative estimate of drug-likeness (QED) is 0.560. The number of halogens is 3. The summed E-state index contributed by atoms with van der Waals surface area (Å²) in [5.74, 6) is -2.46. The molecule has 3 N–H and O–H groups in total. The van der Waals surface area contributed by atoms with E-state index in [4.69, 9.17) is 21.1 Å². The molecular weight excluding hydrogens is 394 g/mol. The van der Waals surface area contributed by atoms with E-state index in [1.807, 2.05) is 0 Å². The lowest BCUT2D eigenvalue weighted by molar-refractivity contribution is 0.173. The minimum absolute atomic E-state index is 0.0657. The lowest BCUT2D eigenvalue weighted by Crippen LogP contribution is -2.38. The van der Waals surface area contributed by atoms with Crippen LogP contribution in [0.1, 0.15) is 6.92 Å². The van der Waals surface area contributed by atoms with E-state index in [1.54, 1.807) is 6.92 Å². The summed E-state index contributed by atoms with van der Waals surface area (Å²) in [4.78, 5) is 18.8. The van der Waals surface area contributed by atoms with Crippen LogP contribution < -0.4 is 15.4 Å². The Hall–Kier alpha value is -2.91. The van der Waals surface area contributed by atoms with Gasteiger partial charge in [-0.2, -0.15) is 0 Å². The molecule has 0 radical (unpaired) electrons. The van der Waals surface area contributed by atoms with Crippen molar-refractivity contribution in [2.45, 2.75) is 13.0 Å². The van der Waals surface area contributed by atoms with E-state index in [0.29, 0.717) is 22.7 Å². The van der Waals surface area contributed by atoms with Crippen molar-refractivity contribution in [2.24, 2.45) is 0 Å². The number of carbonyl (C=O) groups excluding carboxylic acids is 1. The molecule has 1 aromatic carbocycles. The first-order valence-corrected chi connectivity index (χ1v) is 8.61. The first-order chi connectivity index (χ1) is 13.4. The Morgan fingerprint density at radius 2 is 2.07 bits per heavy atom. The van der Waals surface area contributed by atoms with Crippen molar-refractivity contribution in [3.63, 3.8) is 0 Å². The number of ether oxygens (including phenoxy) is 2. The van der Waals surface area contributed by atoms with Crippen LogP contribution in [-0.2, 0) is 4.74 Å². The molecule has 10 heteroatoms. The van der Waals surface area contributed by atoms with Crippen LogP contribution in [-0.4, -0.2) is 35.8 Å². The number of rotatable bonds is 6. The van der Waals surface area contributed by atoms with Crippen LogP contribution in [0.5, 0.6) is 11.5 Å². The largest absolute Gasteiger partial charge is 0.450 e. The molecule has 2 heterocycles. The average Bonchev–Trinajstić information content (AvgIpc) is 3.00. The van der Waals surface area contributed by atoms with Crippen molar-refractivity contribution in [1.29, 1.82) is 0 Å². The number of carbonyl (C=O) groups is 1. The van der Waals surface area contributed by atoms with E-state index in [9.17, 15) is 13.6 Å². The number of hydrogen-bond donors (Lipinski definition) is 3. The predicted molar refractivity (Wildman–Crippen MR) is 101 cm³/mol. The van der Waals surface area contributed by atoms with Crippen LogP contribution in [0.25, 0.3) is 11.0 Å². The molecule has 1 unspecified atom stereocenters. The van der Waals surface area contributed by atoms with Gasteiger partial charge in [0.2, 0.25) is 0 Å². The summed E-state index contributed by atoms with van der Waals surface area (Å²) >= 11 is 6.07. The van der Waals surface area contributed by atoms with Gasteiger partial charge in [0.05, 0.1) is 23.1 Å². The van der Waals surface area contributed by atoms with Gasteiger partial charge in [0.15, 0.2) is 17.4 Å². The third kappa shape index (κ3) is 4.32. The predicted octanol–water partition coefficient (Wildman–Crippen LogP) is 4.44. The standard InChI is InChI=1S/C18H17ClF2N4O3/c1-9(8-27-2)24-18(26)25-10-5-12(20)16(13(21)6-10)28-14-3-4-22-17-15(14)11(19)7-23-17/h3-7,9H,8H2,1-2H3,(H,22,23)(H2,24,25,26). The van der Waals surface area contributed by atoms with E-state index in [1.165, 1.54) is 25.6 Å². The summed E-state index contributed by atoms with van der Waals surface area (Å²) < 4.78 is 39.2. The number of methoxy groups -OCH3 is 1. The zero-order valence-corrected chi connectivity index (χ0v) is 15.7. The van der Waals surface area contributed by atoms with E-state index in [2.05, 4.69) is 20.6 Å². The molecule has 1 atom stereocenters. The first kappa shape index (κ1) is 19.8. The number of urea groups is 1. The van der Waals surface area contributed by atoms with Crippen molar-refractivity contribution in [3.8, 4) is 11.5 Å². The van der Waals surface area contributed by atoms with E-state index in [-0.39, 0.29) is 17.5 Å². The molecule has 7 nitrogen and oxygen atoms in total. The Labute approximate surface area is 164 Å². The fourth-order valence-electron chi connectivity index (χ4n) is 2.60. The summed E-state index contributed by atoms with van der Waals surface area (Å²) in [6, 6.07) is 2.46.